The highest BCUT2D eigenvalue weighted by atomic mass is 32.2. The Balaban J connectivity index is 2.37. The van der Waals surface area contributed by atoms with Gasteiger partial charge in [-0.1, -0.05) is 116 Å². The zero-order chi connectivity index (χ0) is 29.5. The van der Waals surface area contributed by atoms with Crippen LogP contribution in [-0.2, 0) is 15.3 Å². The first-order chi connectivity index (χ1) is 18.0. The fraction of sp³-hybridized carbons (Fsp3) is 0.706. The molecule has 1 aliphatic rings. The minimum Gasteiger partial charge on any atom is -0.413 e. The standard InChI is InChI=1S/C34H60O2SSi2/c1-13-14-15-19-24-37-32-27(2)25-31(36-39(11,12)34(6,7)8)30(32)23-22-29(26-28-20-17-16-18-21-28)35-38(9,10)33(3,4)5/h16-18,20-23,29-31H,13-15,19,24-26H2,1-12H3/t29?,30-,31+/m0/s1. The molecule has 0 amide bonds. The van der Waals surface area contributed by atoms with Crippen molar-refractivity contribution in [1.82, 2.24) is 0 Å². The minimum absolute atomic E-state index is 0.0681. The van der Waals surface area contributed by atoms with E-state index in [0.717, 1.165) is 12.8 Å². The molecule has 0 spiro atoms. The second-order valence-electron chi connectivity index (χ2n) is 14.7. The molecule has 0 bridgehead atoms. The molecule has 1 aromatic rings. The van der Waals surface area contributed by atoms with E-state index in [9.17, 15) is 0 Å². The smallest absolute Gasteiger partial charge is 0.192 e. The van der Waals surface area contributed by atoms with Crippen molar-refractivity contribution >= 4 is 28.4 Å². The van der Waals surface area contributed by atoms with Crippen LogP contribution >= 0.6 is 11.8 Å². The van der Waals surface area contributed by atoms with Gasteiger partial charge in [0.05, 0.1) is 12.2 Å². The normalized spacial score (nSPS) is 20.3. The zero-order valence-electron chi connectivity index (χ0n) is 27.4. The molecule has 0 N–H and O–H groups in total. The Labute approximate surface area is 249 Å². The second kappa shape index (κ2) is 14.5. The van der Waals surface area contributed by atoms with Crippen LogP contribution in [0.15, 0.2) is 53.0 Å². The number of unbranched alkanes of at least 4 members (excludes halogenated alkanes) is 3. The van der Waals surface area contributed by atoms with Crippen molar-refractivity contribution in [2.24, 2.45) is 5.92 Å². The molecule has 0 saturated heterocycles. The maximum absolute atomic E-state index is 7.13. The van der Waals surface area contributed by atoms with Crippen LogP contribution in [-0.4, -0.2) is 34.6 Å². The van der Waals surface area contributed by atoms with Gasteiger partial charge in [0.1, 0.15) is 0 Å². The molecule has 222 valence electrons. The van der Waals surface area contributed by atoms with Crippen LogP contribution in [0.3, 0.4) is 0 Å². The maximum atomic E-state index is 7.13. The third-order valence-corrected chi connectivity index (χ3v) is 19.6. The lowest BCUT2D eigenvalue weighted by Crippen LogP contribution is -2.45. The van der Waals surface area contributed by atoms with Gasteiger partial charge in [0.2, 0.25) is 0 Å². The Bertz CT molecular complexity index is 938. The van der Waals surface area contributed by atoms with E-state index in [2.05, 4.69) is 136 Å². The van der Waals surface area contributed by atoms with Gasteiger partial charge < -0.3 is 8.85 Å². The van der Waals surface area contributed by atoms with Crippen molar-refractivity contribution in [1.29, 1.82) is 0 Å². The van der Waals surface area contributed by atoms with Crippen LogP contribution in [0.25, 0.3) is 0 Å². The quantitative estimate of drug-likeness (QED) is 0.122. The molecule has 2 nitrogen and oxygen atoms in total. The summed E-state index contributed by atoms with van der Waals surface area (Å²) in [5.41, 5.74) is 2.86. The summed E-state index contributed by atoms with van der Waals surface area (Å²) in [5, 5.41) is 0.375. The Hall–Kier alpha value is -0.596. The van der Waals surface area contributed by atoms with Gasteiger partial charge in [0, 0.05) is 12.3 Å². The van der Waals surface area contributed by atoms with Crippen LogP contribution in [0.2, 0.25) is 36.3 Å². The van der Waals surface area contributed by atoms with Gasteiger partial charge in [-0.2, -0.15) is 0 Å². The van der Waals surface area contributed by atoms with E-state index in [1.54, 1.807) is 4.91 Å². The SMILES string of the molecule is CCCCCCSC1=C(C)C[C@@H](O[Si](C)(C)C(C)(C)C)[C@@H]1C=CC(Cc1ccccc1)O[Si](C)(C)C(C)(C)C. The van der Waals surface area contributed by atoms with Gasteiger partial charge in [0.25, 0.3) is 0 Å². The Morgan fingerprint density at radius 1 is 0.923 bits per heavy atom. The van der Waals surface area contributed by atoms with E-state index in [1.807, 2.05) is 0 Å². The highest BCUT2D eigenvalue weighted by molar-refractivity contribution is 8.03. The number of rotatable bonds is 14. The average molecular weight is 589 g/mol. The number of hydrogen-bond donors (Lipinski definition) is 0. The molecule has 0 heterocycles. The lowest BCUT2D eigenvalue weighted by molar-refractivity contribution is 0.164. The molecule has 1 unspecified atom stereocenters. The fourth-order valence-electron chi connectivity index (χ4n) is 4.59. The van der Waals surface area contributed by atoms with Crippen LogP contribution in [0.4, 0.5) is 0 Å². The van der Waals surface area contributed by atoms with E-state index < -0.39 is 16.6 Å². The summed E-state index contributed by atoms with van der Waals surface area (Å²) in [6.45, 7) is 28.2. The molecule has 0 fully saturated rings. The van der Waals surface area contributed by atoms with Gasteiger partial charge in [-0.05, 0) is 72.3 Å². The molecule has 0 radical (unpaired) electrons. The molecule has 0 aliphatic heterocycles. The fourth-order valence-corrected chi connectivity index (χ4v) is 8.52. The molecule has 0 aromatic heterocycles. The van der Waals surface area contributed by atoms with Crippen molar-refractivity contribution in [3.8, 4) is 0 Å². The van der Waals surface area contributed by atoms with Gasteiger partial charge >= 0.3 is 0 Å². The number of hydrogen-bond acceptors (Lipinski definition) is 3. The van der Waals surface area contributed by atoms with Gasteiger partial charge in [0.15, 0.2) is 16.6 Å². The maximum Gasteiger partial charge on any atom is 0.192 e. The third kappa shape index (κ3) is 10.3. The first-order valence-corrected chi connectivity index (χ1v) is 22.2. The van der Waals surface area contributed by atoms with Gasteiger partial charge in [-0.25, -0.2) is 0 Å². The van der Waals surface area contributed by atoms with E-state index >= 15 is 0 Å². The lowest BCUT2D eigenvalue weighted by Gasteiger charge is -2.40. The molecule has 1 aromatic carbocycles. The molecule has 2 rings (SSSR count). The van der Waals surface area contributed by atoms with Crippen molar-refractivity contribution in [2.45, 2.75) is 142 Å². The summed E-state index contributed by atoms with van der Waals surface area (Å²) in [6.07, 6.45) is 12.4. The van der Waals surface area contributed by atoms with Crippen LogP contribution in [0.1, 0.15) is 93.1 Å². The van der Waals surface area contributed by atoms with Gasteiger partial charge in [-0.15, -0.1) is 11.8 Å². The second-order valence-corrected chi connectivity index (χ2v) is 25.3. The zero-order valence-corrected chi connectivity index (χ0v) is 30.3. The van der Waals surface area contributed by atoms with Crippen molar-refractivity contribution in [3.63, 3.8) is 0 Å². The summed E-state index contributed by atoms with van der Waals surface area (Å²) >= 11 is 2.09. The highest BCUT2D eigenvalue weighted by Crippen LogP contribution is 2.46. The van der Waals surface area contributed by atoms with Crippen LogP contribution < -0.4 is 0 Å². The van der Waals surface area contributed by atoms with E-state index in [4.69, 9.17) is 8.85 Å². The van der Waals surface area contributed by atoms with Crippen LogP contribution in [0.5, 0.6) is 0 Å². The number of benzene rings is 1. The summed E-state index contributed by atoms with van der Waals surface area (Å²) in [7, 11) is -3.83. The van der Waals surface area contributed by atoms with E-state index in [-0.39, 0.29) is 22.3 Å². The Morgan fingerprint density at radius 2 is 1.54 bits per heavy atom. The summed E-state index contributed by atoms with van der Waals surface area (Å²) in [5.74, 6) is 1.52. The first kappa shape index (κ1) is 34.6. The lowest BCUT2D eigenvalue weighted by atomic mass is 10.0. The van der Waals surface area contributed by atoms with Crippen molar-refractivity contribution in [2.75, 3.05) is 5.75 Å². The average Bonchev–Trinajstić information content (AvgIpc) is 3.09. The summed E-state index contributed by atoms with van der Waals surface area (Å²) < 4.78 is 14.2. The van der Waals surface area contributed by atoms with Crippen LogP contribution in [0, 0.1) is 5.92 Å². The number of thioether (sulfide) groups is 1. The molecule has 39 heavy (non-hydrogen) atoms. The van der Waals surface area contributed by atoms with Crippen molar-refractivity contribution < 1.29 is 8.85 Å². The summed E-state index contributed by atoms with van der Waals surface area (Å²) in [6, 6.07) is 10.8. The highest BCUT2D eigenvalue weighted by Gasteiger charge is 2.43. The monoisotopic (exact) mass is 588 g/mol. The topological polar surface area (TPSA) is 18.5 Å². The summed E-state index contributed by atoms with van der Waals surface area (Å²) in [4.78, 5) is 1.55. The molecular weight excluding hydrogens is 529 g/mol. The first-order valence-electron chi connectivity index (χ1n) is 15.4. The Morgan fingerprint density at radius 3 is 2.10 bits per heavy atom. The van der Waals surface area contributed by atoms with E-state index in [1.165, 1.54) is 42.6 Å². The third-order valence-electron chi connectivity index (χ3n) is 9.20. The molecular formula is C34H60O2SSi2. The minimum atomic E-state index is -1.94. The molecule has 0 saturated carbocycles. The van der Waals surface area contributed by atoms with Crippen molar-refractivity contribution in [3.05, 3.63) is 58.5 Å². The predicted molar refractivity (Wildman–Crippen MR) is 181 cm³/mol. The predicted octanol–water partition coefficient (Wildman–Crippen LogP) is 11.2. The van der Waals surface area contributed by atoms with E-state index in [0.29, 0.717) is 5.92 Å². The Kier molecular flexibility index (Phi) is 12.9. The largest absolute Gasteiger partial charge is 0.413 e. The molecule has 3 atom stereocenters. The molecule has 1 aliphatic carbocycles. The van der Waals surface area contributed by atoms with Gasteiger partial charge in [-0.3, -0.25) is 0 Å². The molecule has 5 heteroatoms.